The van der Waals surface area contributed by atoms with Crippen LogP contribution in [-0.2, 0) is 0 Å². The summed E-state index contributed by atoms with van der Waals surface area (Å²) < 4.78 is 0. The Kier molecular flexibility index (Phi) is 3.76. The Morgan fingerprint density at radius 3 is 2.75 bits per heavy atom. The predicted molar refractivity (Wildman–Crippen MR) is 53.1 cm³/mol. The van der Waals surface area contributed by atoms with Gasteiger partial charge in [-0.1, -0.05) is 11.6 Å². The lowest BCUT2D eigenvalue weighted by molar-refractivity contribution is 0.0994. The summed E-state index contributed by atoms with van der Waals surface area (Å²) >= 11 is 0. The Balaban J connectivity index is 2.11. The minimum absolute atomic E-state index is 0.676. The van der Waals surface area contributed by atoms with E-state index in [-0.39, 0.29) is 0 Å². The van der Waals surface area contributed by atoms with Crippen molar-refractivity contribution < 1.29 is 0 Å². The summed E-state index contributed by atoms with van der Waals surface area (Å²) in [5.41, 5.74) is 7.02. The van der Waals surface area contributed by atoms with Gasteiger partial charge in [0.05, 0.1) is 0 Å². The SMILES string of the molecule is CC(C)=CCCN1CCC1CN. The third-order valence-corrected chi connectivity index (χ3v) is 2.51. The van der Waals surface area contributed by atoms with Crippen LogP contribution >= 0.6 is 0 Å². The molecule has 1 atom stereocenters. The van der Waals surface area contributed by atoms with E-state index in [1.54, 1.807) is 0 Å². The van der Waals surface area contributed by atoms with Gasteiger partial charge in [-0.3, -0.25) is 4.90 Å². The highest BCUT2D eigenvalue weighted by molar-refractivity contribution is 4.94. The minimum atomic E-state index is 0.676. The molecule has 1 heterocycles. The van der Waals surface area contributed by atoms with Gasteiger partial charge < -0.3 is 5.73 Å². The molecule has 2 N–H and O–H groups in total. The first-order valence-corrected chi connectivity index (χ1v) is 4.81. The number of likely N-dealkylation sites (tertiary alicyclic amines) is 1. The number of allylic oxidation sites excluding steroid dienone is 1. The molecule has 0 aromatic heterocycles. The maximum Gasteiger partial charge on any atom is 0.0230 e. The third-order valence-electron chi connectivity index (χ3n) is 2.51. The van der Waals surface area contributed by atoms with Crippen LogP contribution < -0.4 is 5.73 Å². The highest BCUT2D eigenvalue weighted by atomic mass is 15.2. The first kappa shape index (κ1) is 9.75. The van der Waals surface area contributed by atoms with Crippen molar-refractivity contribution in [1.82, 2.24) is 4.90 Å². The van der Waals surface area contributed by atoms with Gasteiger partial charge in [-0.2, -0.15) is 0 Å². The predicted octanol–water partition coefficient (Wildman–Crippen LogP) is 1.38. The van der Waals surface area contributed by atoms with Crippen LogP contribution in [0.25, 0.3) is 0 Å². The zero-order valence-corrected chi connectivity index (χ0v) is 8.21. The summed E-state index contributed by atoms with van der Waals surface area (Å²) in [6.45, 7) is 7.56. The Labute approximate surface area is 75.4 Å². The molecule has 0 amide bonds. The highest BCUT2D eigenvalue weighted by Gasteiger charge is 2.24. The number of rotatable bonds is 4. The van der Waals surface area contributed by atoms with Gasteiger partial charge in [-0.25, -0.2) is 0 Å². The molecule has 70 valence electrons. The average molecular weight is 168 g/mol. The fourth-order valence-electron chi connectivity index (χ4n) is 1.57. The van der Waals surface area contributed by atoms with Crippen molar-refractivity contribution in [3.05, 3.63) is 11.6 Å². The second-order valence-corrected chi connectivity index (χ2v) is 3.78. The number of nitrogens with zero attached hydrogens (tertiary/aromatic N) is 1. The lowest BCUT2D eigenvalue weighted by Gasteiger charge is -2.40. The van der Waals surface area contributed by atoms with Crippen LogP contribution in [-0.4, -0.2) is 30.6 Å². The van der Waals surface area contributed by atoms with Crippen LogP contribution in [0.3, 0.4) is 0 Å². The normalized spacial score (nSPS) is 23.4. The van der Waals surface area contributed by atoms with Gasteiger partial charge >= 0.3 is 0 Å². The van der Waals surface area contributed by atoms with E-state index < -0.39 is 0 Å². The Morgan fingerprint density at radius 2 is 2.33 bits per heavy atom. The minimum Gasteiger partial charge on any atom is -0.329 e. The Bertz CT molecular complexity index is 157. The van der Waals surface area contributed by atoms with E-state index in [1.165, 1.54) is 31.5 Å². The van der Waals surface area contributed by atoms with Gasteiger partial charge in [0.2, 0.25) is 0 Å². The van der Waals surface area contributed by atoms with E-state index in [9.17, 15) is 0 Å². The molecule has 0 aromatic rings. The van der Waals surface area contributed by atoms with E-state index >= 15 is 0 Å². The van der Waals surface area contributed by atoms with Crippen LogP contribution in [0.1, 0.15) is 26.7 Å². The van der Waals surface area contributed by atoms with Gasteiger partial charge in [0.15, 0.2) is 0 Å². The smallest absolute Gasteiger partial charge is 0.0230 e. The van der Waals surface area contributed by atoms with Crippen LogP contribution in [0.2, 0.25) is 0 Å². The van der Waals surface area contributed by atoms with E-state index in [0.29, 0.717) is 6.04 Å². The molecule has 0 radical (unpaired) electrons. The van der Waals surface area contributed by atoms with Crippen molar-refractivity contribution in [2.24, 2.45) is 5.73 Å². The van der Waals surface area contributed by atoms with E-state index in [2.05, 4.69) is 24.8 Å². The quantitative estimate of drug-likeness (QED) is 0.642. The summed E-state index contributed by atoms with van der Waals surface area (Å²) in [7, 11) is 0. The van der Waals surface area contributed by atoms with E-state index in [0.717, 1.165) is 6.54 Å². The van der Waals surface area contributed by atoms with Gasteiger partial charge in [0.25, 0.3) is 0 Å². The first-order chi connectivity index (χ1) is 5.74. The molecule has 1 fully saturated rings. The van der Waals surface area contributed by atoms with Gasteiger partial charge in [0, 0.05) is 25.7 Å². The summed E-state index contributed by atoms with van der Waals surface area (Å²) in [5, 5.41) is 0. The summed E-state index contributed by atoms with van der Waals surface area (Å²) in [6, 6.07) is 0.676. The molecule has 1 saturated heterocycles. The number of hydrogen-bond donors (Lipinski definition) is 1. The van der Waals surface area contributed by atoms with Crippen LogP contribution in [0.15, 0.2) is 11.6 Å². The van der Waals surface area contributed by atoms with Crippen molar-refractivity contribution >= 4 is 0 Å². The van der Waals surface area contributed by atoms with Crippen molar-refractivity contribution in [1.29, 1.82) is 0 Å². The molecule has 12 heavy (non-hydrogen) atoms. The molecule has 1 unspecified atom stereocenters. The first-order valence-electron chi connectivity index (χ1n) is 4.81. The van der Waals surface area contributed by atoms with Crippen LogP contribution in [0.5, 0.6) is 0 Å². The molecule has 1 aliphatic rings. The molecule has 1 rings (SSSR count). The summed E-state index contributed by atoms with van der Waals surface area (Å²) in [6.07, 6.45) is 4.77. The molecule has 0 bridgehead atoms. The van der Waals surface area contributed by atoms with E-state index in [4.69, 9.17) is 5.73 Å². The van der Waals surface area contributed by atoms with Crippen LogP contribution in [0.4, 0.5) is 0 Å². The zero-order valence-electron chi connectivity index (χ0n) is 8.21. The van der Waals surface area contributed by atoms with Crippen molar-refractivity contribution in [3.8, 4) is 0 Å². The lowest BCUT2D eigenvalue weighted by atomic mass is 10.0. The number of nitrogens with two attached hydrogens (primary N) is 1. The van der Waals surface area contributed by atoms with Gasteiger partial charge in [0.1, 0.15) is 0 Å². The Hall–Kier alpha value is -0.340. The summed E-state index contributed by atoms with van der Waals surface area (Å²) in [5.74, 6) is 0. The zero-order chi connectivity index (χ0) is 8.97. The monoisotopic (exact) mass is 168 g/mol. The molecule has 2 nitrogen and oxygen atoms in total. The average Bonchev–Trinajstić information content (AvgIpc) is 1.96. The molecular weight excluding hydrogens is 148 g/mol. The molecule has 0 saturated carbocycles. The largest absolute Gasteiger partial charge is 0.329 e. The molecule has 0 aliphatic carbocycles. The standard InChI is InChI=1S/C10H20N2/c1-9(2)4-3-6-12-7-5-10(12)8-11/h4,10H,3,5-8,11H2,1-2H3. The van der Waals surface area contributed by atoms with Gasteiger partial charge in [-0.05, 0) is 26.7 Å². The topological polar surface area (TPSA) is 29.3 Å². The molecule has 0 aromatic carbocycles. The van der Waals surface area contributed by atoms with Crippen molar-refractivity contribution in [2.45, 2.75) is 32.7 Å². The second-order valence-electron chi connectivity index (χ2n) is 3.78. The molecule has 0 spiro atoms. The highest BCUT2D eigenvalue weighted by Crippen LogP contribution is 2.16. The van der Waals surface area contributed by atoms with Gasteiger partial charge in [-0.15, -0.1) is 0 Å². The third kappa shape index (κ3) is 2.61. The fraction of sp³-hybridized carbons (Fsp3) is 0.800. The maximum absolute atomic E-state index is 5.60. The Morgan fingerprint density at radius 1 is 1.58 bits per heavy atom. The molecule has 1 aliphatic heterocycles. The van der Waals surface area contributed by atoms with Crippen LogP contribution in [0, 0.1) is 0 Å². The van der Waals surface area contributed by atoms with Crippen molar-refractivity contribution in [2.75, 3.05) is 19.6 Å². The lowest BCUT2D eigenvalue weighted by Crippen LogP contribution is -2.51. The maximum atomic E-state index is 5.60. The number of hydrogen-bond acceptors (Lipinski definition) is 2. The molecular formula is C10H20N2. The van der Waals surface area contributed by atoms with E-state index in [1.807, 2.05) is 0 Å². The second kappa shape index (κ2) is 4.63. The molecule has 2 heteroatoms. The van der Waals surface area contributed by atoms with Crippen molar-refractivity contribution in [3.63, 3.8) is 0 Å². The fourth-order valence-corrected chi connectivity index (χ4v) is 1.57. The summed E-state index contributed by atoms with van der Waals surface area (Å²) in [4.78, 5) is 2.47.